The van der Waals surface area contributed by atoms with Crippen LogP contribution in [-0.4, -0.2) is 35.4 Å². The fourth-order valence-corrected chi connectivity index (χ4v) is 1.55. The highest BCUT2D eigenvalue weighted by molar-refractivity contribution is 14.0. The number of aromatic nitrogens is 2. The minimum Gasteiger partial charge on any atom is -0.357 e. The molecule has 19 heavy (non-hydrogen) atoms. The van der Waals surface area contributed by atoms with Crippen molar-refractivity contribution in [3.63, 3.8) is 0 Å². The lowest BCUT2D eigenvalue weighted by atomic mass is 10.2. The first-order chi connectivity index (χ1) is 8.76. The molecule has 0 saturated heterocycles. The first-order valence-electron chi connectivity index (χ1n) is 6.19. The standard InChI is InChI=1S/C13H21N5.HI/c1-4-8-15-13(14-5-2)16-9-6-7-12-10-17-18(3)11-12;/h1,10-11H,5-9H2,2-3H3,(H2,14,15,16);1H. The number of nitrogens with one attached hydrogen (secondary N) is 2. The van der Waals surface area contributed by atoms with E-state index in [0.717, 1.165) is 31.9 Å². The largest absolute Gasteiger partial charge is 0.357 e. The van der Waals surface area contributed by atoms with Gasteiger partial charge in [-0.2, -0.15) is 5.10 Å². The minimum absolute atomic E-state index is 0. The highest BCUT2D eigenvalue weighted by Gasteiger charge is 1.97. The summed E-state index contributed by atoms with van der Waals surface area (Å²) in [5, 5.41) is 10.3. The second-order valence-electron chi connectivity index (χ2n) is 3.94. The van der Waals surface area contributed by atoms with Crippen molar-refractivity contribution < 1.29 is 0 Å². The van der Waals surface area contributed by atoms with Crippen LogP contribution in [0.2, 0.25) is 0 Å². The van der Waals surface area contributed by atoms with E-state index in [-0.39, 0.29) is 24.0 Å². The number of aryl methyl sites for hydroxylation is 2. The van der Waals surface area contributed by atoms with Crippen molar-refractivity contribution in [1.29, 1.82) is 0 Å². The van der Waals surface area contributed by atoms with E-state index >= 15 is 0 Å². The summed E-state index contributed by atoms with van der Waals surface area (Å²) in [6.07, 6.45) is 11.1. The van der Waals surface area contributed by atoms with Crippen molar-refractivity contribution in [2.75, 3.05) is 19.6 Å². The number of hydrogen-bond donors (Lipinski definition) is 2. The third-order valence-corrected chi connectivity index (χ3v) is 2.35. The Morgan fingerprint density at radius 3 is 2.89 bits per heavy atom. The summed E-state index contributed by atoms with van der Waals surface area (Å²) in [6, 6.07) is 0. The molecule has 0 aliphatic heterocycles. The maximum Gasteiger partial charge on any atom is 0.192 e. The summed E-state index contributed by atoms with van der Waals surface area (Å²) in [7, 11) is 1.93. The van der Waals surface area contributed by atoms with E-state index in [4.69, 9.17) is 6.42 Å². The van der Waals surface area contributed by atoms with Crippen LogP contribution in [0.4, 0.5) is 0 Å². The van der Waals surface area contributed by atoms with Crippen molar-refractivity contribution in [1.82, 2.24) is 20.4 Å². The second kappa shape index (κ2) is 10.7. The quantitative estimate of drug-likeness (QED) is 0.258. The van der Waals surface area contributed by atoms with Gasteiger partial charge in [0.25, 0.3) is 0 Å². The van der Waals surface area contributed by atoms with Gasteiger partial charge in [0.05, 0.1) is 12.7 Å². The molecule has 0 unspecified atom stereocenters. The Labute approximate surface area is 132 Å². The molecule has 0 radical (unpaired) electrons. The fraction of sp³-hybridized carbons (Fsp3) is 0.538. The molecule has 1 aromatic rings. The highest BCUT2D eigenvalue weighted by Crippen LogP contribution is 2.00. The van der Waals surface area contributed by atoms with Crippen molar-refractivity contribution in [3.8, 4) is 12.3 Å². The molecular formula is C13H22IN5. The Balaban J connectivity index is 0.00000324. The SMILES string of the molecule is C#CCNC(=NCCCc1cnn(C)c1)NCC.I. The lowest BCUT2D eigenvalue weighted by Gasteiger charge is -2.08. The van der Waals surface area contributed by atoms with Crippen molar-refractivity contribution in [2.24, 2.45) is 12.0 Å². The second-order valence-corrected chi connectivity index (χ2v) is 3.94. The number of aliphatic imine (C=N–C) groups is 1. The average Bonchev–Trinajstić information content (AvgIpc) is 2.77. The van der Waals surface area contributed by atoms with Crippen LogP contribution in [0.15, 0.2) is 17.4 Å². The summed E-state index contributed by atoms with van der Waals surface area (Å²) < 4.78 is 1.82. The molecular weight excluding hydrogens is 353 g/mol. The number of nitrogens with zero attached hydrogens (tertiary/aromatic N) is 3. The van der Waals surface area contributed by atoms with E-state index in [9.17, 15) is 0 Å². The van der Waals surface area contributed by atoms with Crippen LogP contribution in [0.3, 0.4) is 0 Å². The highest BCUT2D eigenvalue weighted by atomic mass is 127. The van der Waals surface area contributed by atoms with Gasteiger partial charge in [-0.3, -0.25) is 9.67 Å². The van der Waals surface area contributed by atoms with Gasteiger partial charge in [0, 0.05) is 26.3 Å². The van der Waals surface area contributed by atoms with Gasteiger partial charge in [-0.05, 0) is 25.3 Å². The summed E-state index contributed by atoms with van der Waals surface area (Å²) in [5.74, 6) is 3.31. The van der Waals surface area contributed by atoms with E-state index in [1.165, 1.54) is 5.56 Å². The van der Waals surface area contributed by atoms with Crippen LogP contribution in [0, 0.1) is 12.3 Å². The number of rotatable bonds is 6. The summed E-state index contributed by atoms with van der Waals surface area (Å²) >= 11 is 0. The zero-order valence-corrected chi connectivity index (χ0v) is 13.8. The maximum absolute atomic E-state index is 5.20. The molecule has 0 aromatic carbocycles. The molecule has 2 N–H and O–H groups in total. The summed E-state index contributed by atoms with van der Waals surface area (Å²) in [4.78, 5) is 4.44. The van der Waals surface area contributed by atoms with Crippen molar-refractivity contribution in [2.45, 2.75) is 19.8 Å². The van der Waals surface area contributed by atoms with E-state index < -0.39 is 0 Å². The molecule has 6 heteroatoms. The summed E-state index contributed by atoms with van der Waals surface area (Å²) in [5.41, 5.74) is 1.24. The normalized spacial score (nSPS) is 10.5. The summed E-state index contributed by atoms with van der Waals surface area (Å²) in [6.45, 7) is 4.13. The maximum atomic E-state index is 5.20. The van der Waals surface area contributed by atoms with Gasteiger partial charge in [-0.1, -0.05) is 5.92 Å². The van der Waals surface area contributed by atoms with E-state index in [2.05, 4.69) is 26.6 Å². The molecule has 0 amide bonds. The van der Waals surface area contributed by atoms with Crippen LogP contribution in [0.25, 0.3) is 0 Å². The predicted octanol–water partition coefficient (Wildman–Crippen LogP) is 1.16. The number of hydrogen-bond acceptors (Lipinski definition) is 2. The molecule has 0 aliphatic carbocycles. The van der Waals surface area contributed by atoms with Gasteiger partial charge < -0.3 is 10.6 Å². The fourth-order valence-electron chi connectivity index (χ4n) is 1.55. The molecule has 5 nitrogen and oxygen atoms in total. The van der Waals surface area contributed by atoms with E-state index in [0.29, 0.717) is 6.54 Å². The third-order valence-electron chi connectivity index (χ3n) is 2.35. The van der Waals surface area contributed by atoms with Crippen molar-refractivity contribution >= 4 is 29.9 Å². The van der Waals surface area contributed by atoms with E-state index in [1.807, 2.05) is 31.0 Å². The smallest absolute Gasteiger partial charge is 0.192 e. The molecule has 1 rings (SSSR count). The molecule has 0 saturated carbocycles. The van der Waals surface area contributed by atoms with Crippen LogP contribution < -0.4 is 10.6 Å². The lowest BCUT2D eigenvalue weighted by Crippen LogP contribution is -2.37. The van der Waals surface area contributed by atoms with Gasteiger partial charge in [-0.15, -0.1) is 30.4 Å². The molecule has 0 aliphatic rings. The lowest BCUT2D eigenvalue weighted by molar-refractivity contribution is 0.764. The topological polar surface area (TPSA) is 54.2 Å². The molecule has 0 bridgehead atoms. The van der Waals surface area contributed by atoms with Crippen LogP contribution in [0.5, 0.6) is 0 Å². The Kier molecular flexibility index (Phi) is 9.98. The molecule has 0 spiro atoms. The van der Waals surface area contributed by atoms with Gasteiger partial charge in [-0.25, -0.2) is 0 Å². The molecule has 106 valence electrons. The van der Waals surface area contributed by atoms with Crippen LogP contribution in [-0.2, 0) is 13.5 Å². The monoisotopic (exact) mass is 375 g/mol. The molecule has 1 heterocycles. The zero-order chi connectivity index (χ0) is 13.2. The van der Waals surface area contributed by atoms with Crippen molar-refractivity contribution in [3.05, 3.63) is 18.0 Å². The Morgan fingerprint density at radius 2 is 2.32 bits per heavy atom. The van der Waals surface area contributed by atoms with Crippen LogP contribution in [0.1, 0.15) is 18.9 Å². The van der Waals surface area contributed by atoms with Gasteiger partial charge in [0.1, 0.15) is 0 Å². The predicted molar refractivity (Wildman–Crippen MR) is 89.8 cm³/mol. The Hall–Kier alpha value is -1.23. The molecule has 0 fully saturated rings. The minimum atomic E-state index is 0. The van der Waals surface area contributed by atoms with Gasteiger partial charge in [0.15, 0.2) is 5.96 Å². The number of terminal acetylenes is 1. The van der Waals surface area contributed by atoms with Crippen LogP contribution >= 0.6 is 24.0 Å². The molecule has 1 aromatic heterocycles. The first-order valence-corrected chi connectivity index (χ1v) is 6.19. The molecule has 0 atom stereocenters. The zero-order valence-electron chi connectivity index (χ0n) is 11.5. The average molecular weight is 375 g/mol. The van der Waals surface area contributed by atoms with Gasteiger partial charge in [0.2, 0.25) is 0 Å². The third kappa shape index (κ3) is 7.72. The first kappa shape index (κ1) is 17.8. The number of guanidine groups is 1. The Bertz CT molecular complexity index is 419. The number of halogens is 1. The van der Waals surface area contributed by atoms with Gasteiger partial charge >= 0.3 is 0 Å². The van der Waals surface area contributed by atoms with E-state index in [1.54, 1.807) is 0 Å². The Morgan fingerprint density at radius 1 is 1.53 bits per heavy atom.